The first kappa shape index (κ1) is 23.4. The summed E-state index contributed by atoms with van der Waals surface area (Å²) in [6.07, 6.45) is 4.84. The molecule has 6 nitrogen and oxygen atoms in total. The molecule has 0 radical (unpaired) electrons. The van der Waals surface area contributed by atoms with Gasteiger partial charge in [0.1, 0.15) is 5.82 Å². The van der Waals surface area contributed by atoms with Crippen molar-refractivity contribution in [2.75, 3.05) is 10.6 Å². The van der Waals surface area contributed by atoms with Gasteiger partial charge in [-0.1, -0.05) is 41.4 Å². The van der Waals surface area contributed by atoms with Gasteiger partial charge in [-0.15, -0.1) is 0 Å². The Morgan fingerprint density at radius 1 is 0.765 bits per heavy atom. The number of benzene rings is 2. The zero-order valence-corrected chi connectivity index (χ0v) is 19.5. The fourth-order valence-electron chi connectivity index (χ4n) is 3.28. The van der Waals surface area contributed by atoms with Crippen LogP contribution in [-0.2, 0) is 12.8 Å². The summed E-state index contributed by atoms with van der Waals surface area (Å²) in [5, 5.41) is 6.29. The number of carbonyl (C=O) groups excluding carboxylic acids is 2. The number of anilines is 2. The van der Waals surface area contributed by atoms with E-state index in [9.17, 15) is 9.59 Å². The Bertz CT molecular complexity index is 1290. The fraction of sp³-hybridized carbons (Fsp3) is 0.0769. The first-order valence-corrected chi connectivity index (χ1v) is 11.3. The quantitative estimate of drug-likeness (QED) is 0.329. The van der Waals surface area contributed by atoms with Crippen LogP contribution in [-0.4, -0.2) is 21.8 Å². The van der Waals surface area contributed by atoms with Crippen molar-refractivity contribution >= 4 is 46.5 Å². The standard InChI is InChI=1S/C26H20Cl2N4O2/c27-19-9-12-23(22(15-19)26(34)32-24-13-10-20(28)16-30-24)31-25(33)18-7-4-17(5-8-18)6-11-21-3-1-2-14-29-21/h1-5,7-10,12-16H,6,11H2,(H,31,33)(H,30,32,34). The second kappa shape index (κ2) is 10.9. The van der Waals surface area contributed by atoms with Gasteiger partial charge in [-0.05, 0) is 73.0 Å². The molecule has 170 valence electrons. The molecule has 4 aromatic rings. The zero-order chi connectivity index (χ0) is 23.9. The number of aromatic nitrogens is 2. The van der Waals surface area contributed by atoms with Gasteiger partial charge < -0.3 is 10.6 Å². The molecule has 2 aromatic heterocycles. The topological polar surface area (TPSA) is 84.0 Å². The number of hydrogen-bond donors (Lipinski definition) is 2. The van der Waals surface area contributed by atoms with Crippen molar-refractivity contribution in [3.05, 3.63) is 118 Å². The molecule has 4 rings (SSSR count). The van der Waals surface area contributed by atoms with Crippen LogP contribution in [0.2, 0.25) is 10.0 Å². The lowest BCUT2D eigenvalue weighted by atomic mass is 10.1. The maximum atomic E-state index is 12.8. The first-order valence-electron chi connectivity index (χ1n) is 10.5. The molecule has 2 heterocycles. The lowest BCUT2D eigenvalue weighted by molar-refractivity contribution is 0.102. The highest BCUT2D eigenvalue weighted by molar-refractivity contribution is 6.31. The summed E-state index contributed by atoms with van der Waals surface area (Å²) in [4.78, 5) is 34.1. The molecule has 0 atom stereocenters. The Kier molecular flexibility index (Phi) is 7.52. The van der Waals surface area contributed by atoms with E-state index in [1.165, 1.54) is 12.3 Å². The van der Waals surface area contributed by atoms with E-state index in [-0.39, 0.29) is 11.5 Å². The molecule has 2 aromatic carbocycles. The molecule has 0 fully saturated rings. The number of amides is 2. The van der Waals surface area contributed by atoms with Crippen molar-refractivity contribution in [2.24, 2.45) is 0 Å². The average molecular weight is 491 g/mol. The molecule has 0 aliphatic rings. The zero-order valence-electron chi connectivity index (χ0n) is 18.0. The lowest BCUT2D eigenvalue weighted by Crippen LogP contribution is -2.18. The Morgan fingerprint density at radius 2 is 1.56 bits per heavy atom. The van der Waals surface area contributed by atoms with Crippen molar-refractivity contribution in [2.45, 2.75) is 12.8 Å². The van der Waals surface area contributed by atoms with Crippen LogP contribution in [0.5, 0.6) is 0 Å². The summed E-state index contributed by atoms with van der Waals surface area (Å²) in [6.45, 7) is 0. The van der Waals surface area contributed by atoms with Crippen LogP contribution in [0.4, 0.5) is 11.5 Å². The normalized spacial score (nSPS) is 10.5. The Labute approximate surface area is 207 Å². The largest absolute Gasteiger partial charge is 0.321 e. The van der Waals surface area contributed by atoms with Gasteiger partial charge in [-0.25, -0.2) is 4.98 Å². The smallest absolute Gasteiger partial charge is 0.258 e. The molecular weight excluding hydrogens is 471 g/mol. The van der Waals surface area contributed by atoms with Gasteiger partial charge in [0.25, 0.3) is 11.8 Å². The third kappa shape index (κ3) is 6.19. The van der Waals surface area contributed by atoms with E-state index in [2.05, 4.69) is 20.6 Å². The molecule has 34 heavy (non-hydrogen) atoms. The Hall–Kier alpha value is -3.74. The van der Waals surface area contributed by atoms with Crippen molar-refractivity contribution in [3.8, 4) is 0 Å². The van der Waals surface area contributed by atoms with Gasteiger partial charge >= 0.3 is 0 Å². The van der Waals surface area contributed by atoms with Crippen LogP contribution in [0.25, 0.3) is 0 Å². The SMILES string of the molecule is O=C(Nc1ccc(Cl)cc1C(=O)Nc1ccc(Cl)cn1)c1ccc(CCc2ccccn2)cc1. The third-order valence-corrected chi connectivity index (χ3v) is 5.51. The van der Waals surface area contributed by atoms with E-state index in [1.54, 1.807) is 42.6 Å². The van der Waals surface area contributed by atoms with E-state index in [0.29, 0.717) is 27.1 Å². The minimum Gasteiger partial charge on any atom is -0.321 e. The molecule has 0 saturated heterocycles. The monoisotopic (exact) mass is 490 g/mol. The van der Waals surface area contributed by atoms with Crippen molar-refractivity contribution in [3.63, 3.8) is 0 Å². The number of pyridine rings is 2. The van der Waals surface area contributed by atoms with Crippen molar-refractivity contribution in [1.29, 1.82) is 0 Å². The summed E-state index contributed by atoms with van der Waals surface area (Å²) in [6, 6.07) is 21.1. The number of nitrogens with one attached hydrogen (secondary N) is 2. The lowest BCUT2D eigenvalue weighted by Gasteiger charge is -2.12. The number of halogens is 2. The van der Waals surface area contributed by atoms with Crippen LogP contribution in [0.1, 0.15) is 32.0 Å². The summed E-state index contributed by atoms with van der Waals surface area (Å²) in [7, 11) is 0. The molecule has 0 saturated carbocycles. The Balaban J connectivity index is 1.44. The molecule has 0 aliphatic heterocycles. The molecule has 2 amide bonds. The fourth-order valence-corrected chi connectivity index (χ4v) is 3.57. The van der Waals surface area contributed by atoms with E-state index in [1.807, 2.05) is 30.3 Å². The van der Waals surface area contributed by atoms with Gasteiger partial charge in [0.15, 0.2) is 0 Å². The summed E-state index contributed by atoms with van der Waals surface area (Å²) < 4.78 is 0. The number of aryl methyl sites for hydroxylation is 2. The van der Waals surface area contributed by atoms with Gasteiger partial charge in [0.2, 0.25) is 0 Å². The maximum Gasteiger partial charge on any atom is 0.258 e. The second-order valence-electron chi connectivity index (χ2n) is 7.48. The predicted molar refractivity (Wildman–Crippen MR) is 135 cm³/mol. The number of nitrogens with zero attached hydrogens (tertiary/aromatic N) is 2. The number of hydrogen-bond acceptors (Lipinski definition) is 4. The van der Waals surface area contributed by atoms with E-state index in [0.717, 1.165) is 24.1 Å². The minimum absolute atomic E-state index is 0.213. The molecule has 0 aliphatic carbocycles. The molecule has 8 heteroatoms. The van der Waals surface area contributed by atoms with Crippen molar-refractivity contribution in [1.82, 2.24) is 9.97 Å². The highest BCUT2D eigenvalue weighted by Gasteiger charge is 2.16. The number of rotatable bonds is 7. The first-order chi connectivity index (χ1) is 16.5. The van der Waals surface area contributed by atoms with Gasteiger partial charge in [-0.2, -0.15) is 0 Å². The predicted octanol–water partition coefficient (Wildman–Crippen LogP) is 6.07. The molecular formula is C26H20Cl2N4O2. The van der Waals surface area contributed by atoms with Crippen LogP contribution in [0.3, 0.4) is 0 Å². The molecule has 2 N–H and O–H groups in total. The highest BCUT2D eigenvalue weighted by Crippen LogP contribution is 2.23. The summed E-state index contributed by atoms with van der Waals surface area (Å²) >= 11 is 11.9. The molecule has 0 unspecified atom stereocenters. The van der Waals surface area contributed by atoms with Crippen LogP contribution < -0.4 is 10.6 Å². The van der Waals surface area contributed by atoms with E-state index in [4.69, 9.17) is 23.2 Å². The number of carbonyl (C=O) groups is 2. The van der Waals surface area contributed by atoms with Crippen LogP contribution in [0.15, 0.2) is 85.2 Å². The highest BCUT2D eigenvalue weighted by atomic mass is 35.5. The van der Waals surface area contributed by atoms with Crippen LogP contribution in [0, 0.1) is 0 Å². The summed E-state index contributed by atoms with van der Waals surface area (Å²) in [5.41, 5.74) is 3.14. The van der Waals surface area contributed by atoms with Gasteiger partial charge in [-0.3, -0.25) is 14.6 Å². The summed E-state index contributed by atoms with van der Waals surface area (Å²) in [5.74, 6) is -0.470. The maximum absolute atomic E-state index is 12.8. The van der Waals surface area contributed by atoms with Crippen LogP contribution >= 0.6 is 23.2 Å². The minimum atomic E-state index is -0.461. The molecule has 0 spiro atoms. The van der Waals surface area contributed by atoms with Gasteiger partial charge in [0, 0.05) is 28.7 Å². The average Bonchev–Trinajstić information content (AvgIpc) is 2.86. The molecule has 0 bridgehead atoms. The second-order valence-corrected chi connectivity index (χ2v) is 8.35. The van der Waals surface area contributed by atoms with E-state index >= 15 is 0 Å². The van der Waals surface area contributed by atoms with Crippen molar-refractivity contribution < 1.29 is 9.59 Å². The van der Waals surface area contributed by atoms with E-state index < -0.39 is 5.91 Å². The third-order valence-electron chi connectivity index (χ3n) is 5.06. The van der Waals surface area contributed by atoms with Gasteiger partial charge in [0.05, 0.1) is 16.3 Å². The Morgan fingerprint density at radius 3 is 2.26 bits per heavy atom.